The van der Waals surface area contributed by atoms with E-state index in [4.69, 9.17) is 9.84 Å². The van der Waals surface area contributed by atoms with Crippen LogP contribution in [0.4, 0.5) is 0 Å². The van der Waals surface area contributed by atoms with E-state index in [0.29, 0.717) is 12.5 Å². The van der Waals surface area contributed by atoms with Crippen molar-refractivity contribution < 1.29 is 14.6 Å². The Hall–Kier alpha value is -0.570. The summed E-state index contributed by atoms with van der Waals surface area (Å²) < 4.78 is 4.81. The second kappa shape index (κ2) is 3.56. The monoisotopic (exact) mass is 144 g/mol. The van der Waals surface area contributed by atoms with Crippen molar-refractivity contribution in [2.75, 3.05) is 13.2 Å². The highest BCUT2D eigenvalue weighted by molar-refractivity contribution is 5.69. The van der Waals surface area contributed by atoms with E-state index in [1.165, 1.54) is 12.8 Å². The molecule has 0 unspecified atom stereocenters. The van der Waals surface area contributed by atoms with Crippen LogP contribution in [0.3, 0.4) is 0 Å². The smallest absolute Gasteiger partial charge is 0.308 e. The van der Waals surface area contributed by atoms with E-state index in [2.05, 4.69) is 0 Å². The van der Waals surface area contributed by atoms with E-state index in [9.17, 15) is 4.79 Å². The molecule has 0 atom stereocenters. The first kappa shape index (κ1) is 7.54. The number of carbonyl (C=O) groups excluding carboxylic acids is 1. The summed E-state index contributed by atoms with van der Waals surface area (Å²) in [4.78, 5) is 10.6. The standard InChI is InChI=1S/C7H12O3/c8-4-3-7(9)10-5-6-1-2-6/h6,8H,1-5H2. The van der Waals surface area contributed by atoms with Gasteiger partial charge in [0.1, 0.15) is 0 Å². The van der Waals surface area contributed by atoms with Crippen molar-refractivity contribution in [1.82, 2.24) is 0 Å². The molecule has 0 aliphatic heterocycles. The molecule has 0 aromatic rings. The number of esters is 1. The van der Waals surface area contributed by atoms with Crippen LogP contribution in [-0.4, -0.2) is 24.3 Å². The number of ether oxygens (including phenoxy) is 1. The van der Waals surface area contributed by atoms with Gasteiger partial charge >= 0.3 is 5.97 Å². The molecule has 1 saturated carbocycles. The van der Waals surface area contributed by atoms with E-state index in [-0.39, 0.29) is 19.0 Å². The van der Waals surface area contributed by atoms with Crippen LogP contribution in [-0.2, 0) is 9.53 Å². The molecule has 0 heterocycles. The maximum absolute atomic E-state index is 10.6. The molecule has 0 aromatic heterocycles. The van der Waals surface area contributed by atoms with Gasteiger partial charge in [0.25, 0.3) is 0 Å². The van der Waals surface area contributed by atoms with Crippen LogP contribution in [0.5, 0.6) is 0 Å². The maximum atomic E-state index is 10.6. The molecule has 1 aliphatic rings. The van der Waals surface area contributed by atoms with Crippen LogP contribution >= 0.6 is 0 Å². The Morgan fingerprint density at radius 1 is 1.60 bits per heavy atom. The van der Waals surface area contributed by atoms with Gasteiger partial charge in [-0.05, 0) is 18.8 Å². The minimum Gasteiger partial charge on any atom is -0.465 e. The van der Waals surface area contributed by atoms with Gasteiger partial charge in [0, 0.05) is 0 Å². The number of aliphatic hydroxyl groups excluding tert-OH is 1. The van der Waals surface area contributed by atoms with Crippen molar-refractivity contribution >= 4 is 5.97 Å². The normalized spacial score (nSPS) is 16.9. The van der Waals surface area contributed by atoms with Crippen molar-refractivity contribution in [3.8, 4) is 0 Å². The zero-order valence-corrected chi connectivity index (χ0v) is 5.88. The fourth-order valence-corrected chi connectivity index (χ4v) is 0.659. The van der Waals surface area contributed by atoms with Gasteiger partial charge in [-0.15, -0.1) is 0 Å². The molecule has 0 radical (unpaired) electrons. The molecule has 1 aliphatic carbocycles. The van der Waals surface area contributed by atoms with Gasteiger partial charge in [0.05, 0.1) is 19.6 Å². The summed E-state index contributed by atoms with van der Waals surface area (Å²) in [7, 11) is 0. The Labute approximate surface area is 60.0 Å². The molecule has 0 spiro atoms. The average molecular weight is 144 g/mol. The lowest BCUT2D eigenvalue weighted by atomic mass is 10.4. The first-order valence-corrected chi connectivity index (χ1v) is 3.59. The Kier molecular flexibility index (Phi) is 2.68. The first-order chi connectivity index (χ1) is 4.83. The maximum Gasteiger partial charge on any atom is 0.308 e. The molecule has 0 saturated heterocycles. The summed E-state index contributed by atoms with van der Waals surface area (Å²) in [5.41, 5.74) is 0. The lowest BCUT2D eigenvalue weighted by molar-refractivity contribution is -0.144. The Morgan fingerprint density at radius 3 is 2.80 bits per heavy atom. The van der Waals surface area contributed by atoms with Gasteiger partial charge in [-0.25, -0.2) is 0 Å². The highest BCUT2D eigenvalue weighted by atomic mass is 16.5. The summed E-state index contributed by atoms with van der Waals surface area (Å²) in [6.45, 7) is 0.447. The fraction of sp³-hybridized carbons (Fsp3) is 0.857. The minimum absolute atomic E-state index is 0.108. The Balaban J connectivity index is 1.94. The lowest BCUT2D eigenvalue weighted by Crippen LogP contribution is -2.08. The second-order valence-electron chi connectivity index (χ2n) is 2.60. The molecule has 1 N–H and O–H groups in total. The van der Waals surface area contributed by atoms with Crippen LogP contribution in [0.1, 0.15) is 19.3 Å². The zero-order chi connectivity index (χ0) is 7.40. The van der Waals surface area contributed by atoms with Gasteiger partial charge in [-0.1, -0.05) is 0 Å². The molecule has 10 heavy (non-hydrogen) atoms. The highest BCUT2D eigenvalue weighted by Crippen LogP contribution is 2.28. The molecular weight excluding hydrogens is 132 g/mol. The van der Waals surface area contributed by atoms with Crippen molar-refractivity contribution in [3.63, 3.8) is 0 Å². The summed E-state index contributed by atoms with van der Waals surface area (Å²) in [5, 5.41) is 8.32. The van der Waals surface area contributed by atoms with E-state index >= 15 is 0 Å². The molecule has 0 bridgehead atoms. The van der Waals surface area contributed by atoms with Crippen LogP contribution in [0.15, 0.2) is 0 Å². The summed E-state index contributed by atoms with van der Waals surface area (Å²) in [6, 6.07) is 0. The third-order valence-electron chi connectivity index (χ3n) is 1.49. The first-order valence-electron chi connectivity index (χ1n) is 3.59. The highest BCUT2D eigenvalue weighted by Gasteiger charge is 2.22. The number of carbonyl (C=O) groups is 1. The Morgan fingerprint density at radius 2 is 2.30 bits per heavy atom. The van der Waals surface area contributed by atoms with Gasteiger partial charge in [0.15, 0.2) is 0 Å². The van der Waals surface area contributed by atoms with Crippen molar-refractivity contribution in [1.29, 1.82) is 0 Å². The molecule has 3 nitrogen and oxygen atoms in total. The van der Waals surface area contributed by atoms with E-state index in [1.54, 1.807) is 0 Å². The molecule has 58 valence electrons. The topological polar surface area (TPSA) is 46.5 Å². The fourth-order valence-electron chi connectivity index (χ4n) is 0.659. The van der Waals surface area contributed by atoms with Crippen molar-refractivity contribution in [2.45, 2.75) is 19.3 Å². The third-order valence-corrected chi connectivity index (χ3v) is 1.49. The van der Waals surface area contributed by atoms with Gasteiger partial charge in [0.2, 0.25) is 0 Å². The van der Waals surface area contributed by atoms with E-state index in [1.807, 2.05) is 0 Å². The summed E-state index contributed by atoms with van der Waals surface area (Å²) in [5.74, 6) is 0.331. The molecule has 1 fully saturated rings. The predicted octanol–water partition coefficient (Wildman–Crippen LogP) is 0.322. The molecule has 0 amide bonds. The third kappa shape index (κ3) is 2.82. The summed E-state index contributed by atoms with van der Waals surface area (Å²) >= 11 is 0. The number of aliphatic hydroxyl groups is 1. The van der Waals surface area contributed by atoms with Gasteiger partial charge in [-0.3, -0.25) is 4.79 Å². The SMILES string of the molecule is O=C(CCO)OCC1CC1. The summed E-state index contributed by atoms with van der Waals surface area (Å²) in [6.07, 6.45) is 2.51. The largest absolute Gasteiger partial charge is 0.465 e. The second-order valence-corrected chi connectivity index (χ2v) is 2.60. The molecular formula is C7H12O3. The lowest BCUT2D eigenvalue weighted by Gasteiger charge is -2.00. The van der Waals surface area contributed by atoms with Gasteiger partial charge < -0.3 is 9.84 Å². The van der Waals surface area contributed by atoms with Crippen LogP contribution < -0.4 is 0 Å². The number of rotatable bonds is 4. The van der Waals surface area contributed by atoms with Crippen LogP contribution in [0, 0.1) is 5.92 Å². The molecule has 3 heteroatoms. The van der Waals surface area contributed by atoms with E-state index in [0.717, 1.165) is 0 Å². The number of hydrogen-bond donors (Lipinski definition) is 1. The quantitative estimate of drug-likeness (QED) is 0.578. The van der Waals surface area contributed by atoms with Crippen LogP contribution in [0.2, 0.25) is 0 Å². The van der Waals surface area contributed by atoms with Crippen molar-refractivity contribution in [3.05, 3.63) is 0 Å². The zero-order valence-electron chi connectivity index (χ0n) is 5.88. The average Bonchev–Trinajstić information content (AvgIpc) is 2.67. The van der Waals surface area contributed by atoms with Crippen molar-refractivity contribution in [2.24, 2.45) is 5.92 Å². The minimum atomic E-state index is -0.283. The molecule has 0 aromatic carbocycles. The molecule has 1 rings (SSSR count). The number of hydrogen-bond acceptors (Lipinski definition) is 3. The van der Waals surface area contributed by atoms with Gasteiger partial charge in [-0.2, -0.15) is 0 Å². The Bertz CT molecular complexity index is 118. The van der Waals surface area contributed by atoms with E-state index < -0.39 is 0 Å². The van der Waals surface area contributed by atoms with Crippen LogP contribution in [0.25, 0.3) is 0 Å². The predicted molar refractivity (Wildman–Crippen MR) is 35.4 cm³/mol.